The lowest BCUT2D eigenvalue weighted by Crippen LogP contribution is -2.16. The van der Waals surface area contributed by atoms with Gasteiger partial charge in [0.05, 0.1) is 6.10 Å². The Hall–Kier alpha value is -1.37. The molecular weight excluding hydrogens is 269 g/mol. The van der Waals surface area contributed by atoms with Crippen LogP contribution in [0, 0.1) is 35.0 Å². The number of hydrogen-bond donors (Lipinski definition) is 2. The van der Waals surface area contributed by atoms with Gasteiger partial charge in [-0.15, -0.1) is 0 Å². The molecule has 0 aliphatic heterocycles. The zero-order valence-electron chi connectivity index (χ0n) is 9.82. The van der Waals surface area contributed by atoms with Crippen LogP contribution >= 0.6 is 0 Å². The third-order valence-corrected chi connectivity index (χ3v) is 3.29. The Morgan fingerprint density at radius 3 is 1.89 bits per heavy atom. The van der Waals surface area contributed by atoms with Gasteiger partial charge in [0.1, 0.15) is 5.69 Å². The molecule has 7 heteroatoms. The van der Waals surface area contributed by atoms with E-state index in [4.69, 9.17) is 0 Å². The number of aliphatic hydroxyl groups excluding tert-OH is 1. The number of benzene rings is 1. The maximum Gasteiger partial charge on any atom is 0.200 e. The molecule has 0 heterocycles. The Labute approximate surface area is 106 Å². The fraction of sp³-hybridized carbons (Fsp3) is 0.500. The number of nitrogens with one attached hydrogen (secondary N) is 1. The number of hydrogen-bond acceptors (Lipinski definition) is 2. The Morgan fingerprint density at radius 1 is 0.895 bits per heavy atom. The van der Waals surface area contributed by atoms with E-state index in [9.17, 15) is 27.1 Å². The summed E-state index contributed by atoms with van der Waals surface area (Å²) in [6.45, 7) is 0.0510. The van der Waals surface area contributed by atoms with E-state index in [2.05, 4.69) is 5.32 Å². The first-order valence-electron chi connectivity index (χ1n) is 5.85. The van der Waals surface area contributed by atoms with E-state index < -0.39 is 40.9 Å². The normalized spacial score (nSPS) is 22.8. The van der Waals surface area contributed by atoms with Gasteiger partial charge in [-0.2, -0.15) is 0 Å². The highest BCUT2D eigenvalue weighted by atomic mass is 19.2. The fourth-order valence-electron chi connectivity index (χ4n) is 2.24. The number of rotatable bonds is 3. The van der Waals surface area contributed by atoms with Gasteiger partial charge >= 0.3 is 0 Å². The molecule has 0 saturated heterocycles. The zero-order valence-corrected chi connectivity index (χ0v) is 9.82. The van der Waals surface area contributed by atoms with Gasteiger partial charge in [-0.25, -0.2) is 22.0 Å². The molecule has 2 N–H and O–H groups in total. The molecule has 1 fully saturated rings. The Kier molecular flexibility index (Phi) is 3.93. The summed E-state index contributed by atoms with van der Waals surface area (Å²) < 4.78 is 65.3. The minimum atomic E-state index is -2.17. The molecule has 2 nitrogen and oxygen atoms in total. The van der Waals surface area contributed by atoms with Gasteiger partial charge in [-0.3, -0.25) is 0 Å². The molecule has 0 spiro atoms. The summed E-state index contributed by atoms with van der Waals surface area (Å²) in [6, 6.07) is 0. The monoisotopic (exact) mass is 281 g/mol. The third-order valence-electron chi connectivity index (χ3n) is 3.29. The molecule has 1 aliphatic carbocycles. The van der Waals surface area contributed by atoms with Crippen LogP contribution in [-0.4, -0.2) is 17.8 Å². The summed E-state index contributed by atoms with van der Waals surface area (Å²) in [4.78, 5) is 0. The Morgan fingerprint density at radius 2 is 1.42 bits per heavy atom. The fourth-order valence-corrected chi connectivity index (χ4v) is 2.24. The van der Waals surface area contributed by atoms with Gasteiger partial charge < -0.3 is 10.4 Å². The minimum absolute atomic E-state index is 0.0509. The van der Waals surface area contributed by atoms with Crippen molar-refractivity contribution in [1.29, 1.82) is 0 Å². The first kappa shape index (κ1) is 14.0. The number of halogens is 5. The van der Waals surface area contributed by atoms with E-state index in [0.29, 0.717) is 19.3 Å². The number of aliphatic hydroxyl groups is 1. The SMILES string of the molecule is OC1CCC(CNc2c(F)c(F)c(F)c(F)c2F)C1. The first-order valence-corrected chi connectivity index (χ1v) is 5.85. The van der Waals surface area contributed by atoms with E-state index in [0.717, 1.165) is 0 Å². The molecule has 2 atom stereocenters. The minimum Gasteiger partial charge on any atom is -0.393 e. The second-order valence-corrected chi connectivity index (χ2v) is 4.66. The van der Waals surface area contributed by atoms with E-state index in [1.54, 1.807) is 0 Å². The first-order chi connectivity index (χ1) is 8.91. The van der Waals surface area contributed by atoms with Crippen molar-refractivity contribution >= 4 is 5.69 Å². The lowest BCUT2D eigenvalue weighted by atomic mass is 10.1. The molecule has 1 aromatic carbocycles. The van der Waals surface area contributed by atoms with Crippen LogP contribution < -0.4 is 5.32 Å². The van der Waals surface area contributed by atoms with Crippen molar-refractivity contribution in [3.05, 3.63) is 29.1 Å². The largest absolute Gasteiger partial charge is 0.393 e. The van der Waals surface area contributed by atoms with Crippen LogP contribution in [0.3, 0.4) is 0 Å². The number of anilines is 1. The Balaban J connectivity index is 2.16. The smallest absolute Gasteiger partial charge is 0.200 e. The summed E-state index contributed by atoms with van der Waals surface area (Å²) in [6.07, 6.45) is 1.19. The standard InChI is InChI=1S/C12H12F5NO/c13-7-8(14)10(16)12(11(17)9(7)15)18-4-5-1-2-6(19)3-5/h5-6,18-19H,1-4H2. The second kappa shape index (κ2) is 5.32. The maximum absolute atomic E-state index is 13.3. The molecule has 0 bridgehead atoms. The average Bonchev–Trinajstić information content (AvgIpc) is 2.80. The average molecular weight is 281 g/mol. The van der Waals surface area contributed by atoms with E-state index in [1.807, 2.05) is 0 Å². The van der Waals surface area contributed by atoms with Crippen LogP contribution in [0.2, 0.25) is 0 Å². The van der Waals surface area contributed by atoms with E-state index in [1.165, 1.54) is 0 Å². The van der Waals surface area contributed by atoms with E-state index in [-0.39, 0.29) is 12.5 Å². The molecule has 0 radical (unpaired) electrons. The quantitative estimate of drug-likeness (QED) is 0.507. The van der Waals surface area contributed by atoms with Crippen LogP contribution in [0.5, 0.6) is 0 Å². The molecular formula is C12H12F5NO. The van der Waals surface area contributed by atoms with Gasteiger partial charge in [-0.05, 0) is 25.2 Å². The summed E-state index contributed by atoms with van der Waals surface area (Å²) in [5.74, 6) is -9.88. The van der Waals surface area contributed by atoms with Crippen LogP contribution in [0.4, 0.5) is 27.6 Å². The molecule has 2 unspecified atom stereocenters. The molecule has 106 valence electrons. The highest BCUT2D eigenvalue weighted by Gasteiger charge is 2.27. The van der Waals surface area contributed by atoms with Crippen LogP contribution in [0.15, 0.2) is 0 Å². The summed E-state index contributed by atoms with van der Waals surface area (Å²) in [7, 11) is 0. The van der Waals surface area contributed by atoms with Crippen molar-refractivity contribution in [1.82, 2.24) is 0 Å². The zero-order chi connectivity index (χ0) is 14.2. The van der Waals surface area contributed by atoms with Crippen molar-refractivity contribution in [3.63, 3.8) is 0 Å². The van der Waals surface area contributed by atoms with Crippen LogP contribution in [-0.2, 0) is 0 Å². The van der Waals surface area contributed by atoms with Gasteiger partial charge in [0.2, 0.25) is 5.82 Å². The van der Waals surface area contributed by atoms with Crippen molar-refractivity contribution in [3.8, 4) is 0 Å². The van der Waals surface area contributed by atoms with Gasteiger partial charge in [-0.1, -0.05) is 0 Å². The predicted octanol–water partition coefficient (Wildman–Crippen LogP) is 2.96. The molecule has 0 amide bonds. The summed E-state index contributed by atoms with van der Waals surface area (Å²) in [5, 5.41) is 11.5. The van der Waals surface area contributed by atoms with Gasteiger partial charge in [0, 0.05) is 6.54 Å². The topological polar surface area (TPSA) is 32.3 Å². The molecule has 1 aromatic rings. The molecule has 19 heavy (non-hydrogen) atoms. The highest BCUT2D eigenvalue weighted by molar-refractivity contribution is 5.47. The van der Waals surface area contributed by atoms with Crippen molar-refractivity contribution < 1.29 is 27.1 Å². The summed E-state index contributed by atoms with van der Waals surface area (Å²) in [5.41, 5.74) is -1.02. The molecule has 1 saturated carbocycles. The van der Waals surface area contributed by atoms with Gasteiger partial charge in [0.25, 0.3) is 0 Å². The van der Waals surface area contributed by atoms with Crippen molar-refractivity contribution in [2.75, 3.05) is 11.9 Å². The van der Waals surface area contributed by atoms with Crippen molar-refractivity contribution in [2.24, 2.45) is 5.92 Å². The molecule has 0 aromatic heterocycles. The van der Waals surface area contributed by atoms with Gasteiger partial charge in [0.15, 0.2) is 23.3 Å². The predicted molar refractivity (Wildman–Crippen MR) is 58.1 cm³/mol. The lowest BCUT2D eigenvalue weighted by molar-refractivity contribution is 0.178. The van der Waals surface area contributed by atoms with Crippen LogP contribution in [0.25, 0.3) is 0 Å². The maximum atomic E-state index is 13.3. The molecule has 1 aliphatic rings. The van der Waals surface area contributed by atoms with E-state index >= 15 is 0 Å². The van der Waals surface area contributed by atoms with Crippen molar-refractivity contribution in [2.45, 2.75) is 25.4 Å². The van der Waals surface area contributed by atoms with Crippen LogP contribution in [0.1, 0.15) is 19.3 Å². The highest BCUT2D eigenvalue weighted by Crippen LogP contribution is 2.29. The Bertz CT molecular complexity index is 464. The third kappa shape index (κ3) is 2.65. The lowest BCUT2D eigenvalue weighted by Gasteiger charge is -2.14. The molecule has 2 rings (SSSR count). The summed E-state index contributed by atoms with van der Waals surface area (Å²) >= 11 is 0. The second-order valence-electron chi connectivity index (χ2n) is 4.66.